The number of hydrogen-bond donors (Lipinski definition) is 1. The summed E-state index contributed by atoms with van der Waals surface area (Å²) in [4.78, 5) is 14.2. The predicted molar refractivity (Wildman–Crippen MR) is 80.0 cm³/mol. The molecule has 1 unspecified atom stereocenters. The molecule has 1 aromatic rings. The highest BCUT2D eigenvalue weighted by atomic mass is 19.1. The Hall–Kier alpha value is -1.42. The average Bonchev–Trinajstić information content (AvgIpc) is 2.81. The number of carbonyl (C=O) groups is 1. The number of carbonyl (C=O) groups excluding carboxylic acids is 1. The smallest absolute Gasteiger partial charge is 0.238 e. The van der Waals surface area contributed by atoms with Crippen LogP contribution in [0.1, 0.15) is 51.3 Å². The molecule has 1 aliphatic heterocycles. The molecule has 3 rings (SSSR count). The van der Waals surface area contributed by atoms with E-state index in [1.54, 1.807) is 12.1 Å². The summed E-state index contributed by atoms with van der Waals surface area (Å²) in [5, 5.41) is 3.17. The van der Waals surface area contributed by atoms with E-state index in [2.05, 4.69) is 19.2 Å². The fourth-order valence-electron chi connectivity index (χ4n) is 3.55. The van der Waals surface area contributed by atoms with Crippen molar-refractivity contribution in [2.75, 3.05) is 6.54 Å². The van der Waals surface area contributed by atoms with Gasteiger partial charge in [-0.3, -0.25) is 10.1 Å². The molecule has 114 valence electrons. The largest absolute Gasteiger partial charge is 0.319 e. The van der Waals surface area contributed by atoms with E-state index in [0.29, 0.717) is 17.5 Å². The maximum absolute atomic E-state index is 14.1. The highest BCUT2D eigenvalue weighted by Gasteiger charge is 2.40. The number of halogens is 1. The van der Waals surface area contributed by atoms with Gasteiger partial charge < -0.3 is 4.90 Å². The standard InChI is InChI=1S/C17H23FN2O/c1-17(2)9-7-12(8-10-17)20-15(21)11-19-16(20)13-5-3-4-6-14(13)18/h3-6,12,16,19H,7-11H2,1-2H3. The van der Waals surface area contributed by atoms with Crippen molar-refractivity contribution in [1.29, 1.82) is 0 Å². The molecule has 1 atom stereocenters. The van der Waals surface area contributed by atoms with E-state index < -0.39 is 0 Å². The van der Waals surface area contributed by atoms with Gasteiger partial charge >= 0.3 is 0 Å². The molecule has 21 heavy (non-hydrogen) atoms. The third kappa shape index (κ3) is 2.82. The SMILES string of the molecule is CC1(C)CCC(N2C(=O)CNC2c2ccccc2F)CC1. The molecule has 4 heteroatoms. The second-order valence-electron chi connectivity index (χ2n) is 7.00. The van der Waals surface area contributed by atoms with Crippen LogP contribution >= 0.6 is 0 Å². The Morgan fingerprint density at radius 1 is 1.24 bits per heavy atom. The molecule has 3 nitrogen and oxygen atoms in total. The lowest BCUT2D eigenvalue weighted by atomic mass is 9.75. The summed E-state index contributed by atoms with van der Waals surface area (Å²) in [5.41, 5.74) is 0.938. The van der Waals surface area contributed by atoms with Gasteiger partial charge in [0.1, 0.15) is 12.0 Å². The highest BCUT2D eigenvalue weighted by Crippen LogP contribution is 2.39. The zero-order valence-corrected chi connectivity index (χ0v) is 12.7. The van der Waals surface area contributed by atoms with Crippen LogP contribution in [-0.2, 0) is 4.79 Å². The summed E-state index contributed by atoms with van der Waals surface area (Å²) < 4.78 is 14.1. The third-order valence-electron chi connectivity index (χ3n) is 4.91. The average molecular weight is 290 g/mol. The van der Waals surface area contributed by atoms with Gasteiger partial charge in [0.25, 0.3) is 0 Å². The molecule has 0 spiro atoms. The second kappa shape index (κ2) is 5.41. The van der Waals surface area contributed by atoms with Crippen LogP contribution < -0.4 is 5.32 Å². The summed E-state index contributed by atoms with van der Waals surface area (Å²) in [5.74, 6) is -0.154. The monoisotopic (exact) mass is 290 g/mol. The number of rotatable bonds is 2. The Morgan fingerprint density at radius 3 is 2.57 bits per heavy atom. The van der Waals surface area contributed by atoms with Gasteiger partial charge in [-0.05, 0) is 37.2 Å². The van der Waals surface area contributed by atoms with Gasteiger partial charge in [-0.1, -0.05) is 32.0 Å². The molecule has 0 aromatic heterocycles. The Bertz CT molecular complexity index is 533. The van der Waals surface area contributed by atoms with E-state index in [0.717, 1.165) is 25.7 Å². The number of nitrogens with one attached hydrogen (secondary N) is 1. The highest BCUT2D eigenvalue weighted by molar-refractivity contribution is 5.81. The topological polar surface area (TPSA) is 32.3 Å². The molecule has 1 aromatic carbocycles. The Morgan fingerprint density at radius 2 is 1.90 bits per heavy atom. The zero-order chi connectivity index (χ0) is 15.0. The molecule has 2 fully saturated rings. The van der Waals surface area contributed by atoms with Crippen LogP contribution in [0.25, 0.3) is 0 Å². The van der Waals surface area contributed by atoms with Crippen LogP contribution in [0, 0.1) is 11.2 Å². The van der Waals surface area contributed by atoms with Crippen molar-refractivity contribution in [3.63, 3.8) is 0 Å². The van der Waals surface area contributed by atoms with Crippen LogP contribution in [0.4, 0.5) is 4.39 Å². The van der Waals surface area contributed by atoms with Gasteiger partial charge in [0.2, 0.25) is 5.91 Å². The van der Waals surface area contributed by atoms with Gasteiger partial charge in [-0.25, -0.2) is 4.39 Å². The number of amides is 1. The molecule has 1 amide bonds. The minimum Gasteiger partial charge on any atom is -0.319 e. The van der Waals surface area contributed by atoms with E-state index in [9.17, 15) is 9.18 Å². The normalized spacial score (nSPS) is 26.3. The van der Waals surface area contributed by atoms with Crippen molar-refractivity contribution in [3.8, 4) is 0 Å². The number of benzene rings is 1. The Kier molecular flexibility index (Phi) is 3.74. The first-order valence-corrected chi connectivity index (χ1v) is 7.77. The lowest BCUT2D eigenvalue weighted by molar-refractivity contribution is -0.131. The Labute approximate surface area is 125 Å². The zero-order valence-electron chi connectivity index (χ0n) is 12.7. The number of hydrogen-bond acceptors (Lipinski definition) is 2. The van der Waals surface area contributed by atoms with Gasteiger partial charge in [0.15, 0.2) is 0 Å². The van der Waals surface area contributed by atoms with Crippen molar-refractivity contribution in [3.05, 3.63) is 35.6 Å². The fraction of sp³-hybridized carbons (Fsp3) is 0.588. The van der Waals surface area contributed by atoms with Crippen molar-refractivity contribution in [2.45, 2.75) is 51.7 Å². The third-order valence-corrected chi connectivity index (χ3v) is 4.91. The van der Waals surface area contributed by atoms with Crippen molar-refractivity contribution in [1.82, 2.24) is 10.2 Å². The van der Waals surface area contributed by atoms with Crippen molar-refractivity contribution in [2.24, 2.45) is 5.41 Å². The molecular formula is C17H23FN2O. The van der Waals surface area contributed by atoms with E-state index in [4.69, 9.17) is 0 Å². The molecule has 1 heterocycles. The maximum atomic E-state index is 14.1. The molecule has 0 bridgehead atoms. The van der Waals surface area contributed by atoms with E-state index in [1.807, 2.05) is 11.0 Å². The predicted octanol–water partition coefficient (Wildman–Crippen LogP) is 3.22. The molecule has 2 aliphatic rings. The Balaban J connectivity index is 1.82. The second-order valence-corrected chi connectivity index (χ2v) is 7.00. The minimum atomic E-state index is -0.315. The van der Waals surface area contributed by atoms with Crippen molar-refractivity contribution < 1.29 is 9.18 Å². The maximum Gasteiger partial charge on any atom is 0.238 e. The molecular weight excluding hydrogens is 267 g/mol. The first-order valence-electron chi connectivity index (χ1n) is 7.77. The van der Waals surface area contributed by atoms with Gasteiger partial charge in [0.05, 0.1) is 6.54 Å². The van der Waals surface area contributed by atoms with Crippen LogP contribution in [-0.4, -0.2) is 23.4 Å². The van der Waals surface area contributed by atoms with E-state index >= 15 is 0 Å². The summed E-state index contributed by atoms with van der Waals surface area (Å²) in [7, 11) is 0. The summed E-state index contributed by atoms with van der Waals surface area (Å²) in [6.45, 7) is 4.86. The molecule has 1 aliphatic carbocycles. The van der Waals surface area contributed by atoms with Gasteiger partial charge in [-0.2, -0.15) is 0 Å². The van der Waals surface area contributed by atoms with Gasteiger partial charge in [-0.15, -0.1) is 0 Å². The van der Waals surface area contributed by atoms with Crippen LogP contribution in [0.15, 0.2) is 24.3 Å². The minimum absolute atomic E-state index is 0.0907. The lowest BCUT2D eigenvalue weighted by Gasteiger charge is -2.40. The molecule has 1 N–H and O–H groups in total. The van der Waals surface area contributed by atoms with Crippen LogP contribution in [0.3, 0.4) is 0 Å². The summed E-state index contributed by atoms with van der Waals surface area (Å²) in [6.07, 6.45) is 3.93. The van der Waals surface area contributed by atoms with Gasteiger partial charge in [0, 0.05) is 11.6 Å². The molecule has 1 saturated heterocycles. The molecule has 1 saturated carbocycles. The van der Waals surface area contributed by atoms with E-state index in [1.165, 1.54) is 6.07 Å². The van der Waals surface area contributed by atoms with Crippen LogP contribution in [0.5, 0.6) is 0 Å². The van der Waals surface area contributed by atoms with Crippen LogP contribution in [0.2, 0.25) is 0 Å². The van der Waals surface area contributed by atoms with E-state index in [-0.39, 0.29) is 23.9 Å². The summed E-state index contributed by atoms with van der Waals surface area (Å²) in [6, 6.07) is 6.96. The quantitative estimate of drug-likeness (QED) is 0.907. The lowest BCUT2D eigenvalue weighted by Crippen LogP contribution is -2.43. The fourth-order valence-corrected chi connectivity index (χ4v) is 3.55. The first-order chi connectivity index (χ1) is 9.98. The molecule has 0 radical (unpaired) electrons. The summed E-state index contributed by atoms with van der Waals surface area (Å²) >= 11 is 0. The van der Waals surface area contributed by atoms with Crippen molar-refractivity contribution >= 4 is 5.91 Å². The first kappa shape index (κ1) is 14.5. The number of nitrogens with zero attached hydrogens (tertiary/aromatic N) is 1.